The van der Waals surface area contributed by atoms with E-state index in [1.54, 1.807) is 0 Å². The molecule has 0 radical (unpaired) electrons. The molecule has 0 bridgehead atoms. The summed E-state index contributed by atoms with van der Waals surface area (Å²) in [5.41, 5.74) is 0. The van der Waals surface area contributed by atoms with Gasteiger partial charge in [-0.3, -0.25) is 9.35 Å². The van der Waals surface area contributed by atoms with Gasteiger partial charge in [0.1, 0.15) is 30.5 Å². The molecule has 8 atom stereocenters. The van der Waals surface area contributed by atoms with Crippen molar-refractivity contribution >= 4 is 16.3 Å². The minimum absolute atomic E-state index is 0.240. The van der Waals surface area contributed by atoms with E-state index in [-0.39, 0.29) is 6.42 Å². The van der Waals surface area contributed by atoms with Crippen LogP contribution in [0.5, 0.6) is 0 Å². The van der Waals surface area contributed by atoms with Gasteiger partial charge in [-0.2, -0.15) is 8.42 Å². The highest BCUT2D eigenvalue weighted by Crippen LogP contribution is 2.26. The third-order valence-corrected chi connectivity index (χ3v) is 11.4. The number of aliphatic hydroxyl groups is 5. The Balaban J connectivity index is 2.53. The van der Waals surface area contributed by atoms with E-state index in [1.807, 2.05) is 0 Å². The Hall–Kier alpha value is -1.20. The lowest BCUT2D eigenvalue weighted by Gasteiger charge is -2.41. The van der Waals surface area contributed by atoms with Crippen LogP contribution in [0, 0.1) is 0 Å². The van der Waals surface area contributed by atoms with Gasteiger partial charge in [0.2, 0.25) is 5.91 Å². The van der Waals surface area contributed by atoms with E-state index < -0.39 is 78.5 Å². The highest BCUT2D eigenvalue weighted by atomic mass is 32.3. The molecule has 0 spiro atoms. The van der Waals surface area contributed by atoms with Crippen LogP contribution in [0.4, 0.5) is 0 Å². The van der Waals surface area contributed by atoms with Gasteiger partial charge in [0, 0.05) is 0 Å². The van der Waals surface area contributed by atoms with Crippen LogP contribution >= 0.6 is 0 Å². The SMILES string of the molecule is CCCC/C=C\CCCCCC(O)C(=O)NC(COC1OC(CO)C(O)C(OS(=O)(=O)O)C1O)C(O)CCCCCCCCCCCCCCCCCCCCC. The quantitative estimate of drug-likeness (QED) is 0.0185. The predicted octanol–water partition coefficient (Wildman–Crippen LogP) is 7.36. The van der Waals surface area contributed by atoms with Gasteiger partial charge in [0.25, 0.3) is 0 Å². The Morgan fingerprint density at radius 2 is 1.14 bits per heavy atom. The van der Waals surface area contributed by atoms with Gasteiger partial charge in [0.05, 0.1) is 25.4 Å². The summed E-state index contributed by atoms with van der Waals surface area (Å²) < 4.78 is 47.5. The highest BCUT2D eigenvalue weighted by Gasteiger charge is 2.48. The first-order valence-corrected chi connectivity index (χ1v) is 24.0. The number of ether oxygens (including phenoxy) is 2. The first-order chi connectivity index (χ1) is 27.4. The molecule has 1 amide bonds. The Morgan fingerprint density at radius 1 is 0.684 bits per heavy atom. The number of aliphatic hydroxyl groups excluding tert-OH is 5. The van der Waals surface area contributed by atoms with Crippen molar-refractivity contribution in [3.05, 3.63) is 12.2 Å². The average Bonchev–Trinajstić information content (AvgIpc) is 3.18. The van der Waals surface area contributed by atoms with Gasteiger partial charge >= 0.3 is 10.4 Å². The summed E-state index contributed by atoms with van der Waals surface area (Å²) in [4.78, 5) is 13.0. The van der Waals surface area contributed by atoms with Crippen molar-refractivity contribution in [1.29, 1.82) is 0 Å². The number of carbonyl (C=O) groups excluding carboxylic acids is 1. The second-order valence-corrected chi connectivity index (χ2v) is 17.2. The van der Waals surface area contributed by atoms with E-state index in [9.17, 15) is 38.7 Å². The molecule has 57 heavy (non-hydrogen) atoms. The molecule has 0 aromatic rings. The zero-order chi connectivity index (χ0) is 42.2. The van der Waals surface area contributed by atoms with Gasteiger partial charge in [0.15, 0.2) is 6.29 Å². The third kappa shape index (κ3) is 27.3. The summed E-state index contributed by atoms with van der Waals surface area (Å²) in [6.07, 6.45) is 24.2. The summed E-state index contributed by atoms with van der Waals surface area (Å²) >= 11 is 0. The van der Waals surface area contributed by atoms with Crippen LogP contribution in [0.25, 0.3) is 0 Å². The molecule has 1 saturated heterocycles. The number of carbonyl (C=O) groups is 1. The lowest BCUT2D eigenvalue weighted by Crippen LogP contribution is -2.61. The first-order valence-electron chi connectivity index (χ1n) is 22.7. The highest BCUT2D eigenvalue weighted by molar-refractivity contribution is 7.80. The van der Waals surface area contributed by atoms with E-state index in [1.165, 1.54) is 103 Å². The van der Waals surface area contributed by atoms with E-state index in [2.05, 4.69) is 35.5 Å². The van der Waals surface area contributed by atoms with Crippen molar-refractivity contribution < 1.29 is 57.0 Å². The number of unbranched alkanes of at least 4 members (excludes halogenated alkanes) is 23. The zero-order valence-corrected chi connectivity index (χ0v) is 36.3. The Bertz CT molecular complexity index is 1100. The molecule has 1 fully saturated rings. The van der Waals surface area contributed by atoms with E-state index >= 15 is 0 Å². The second-order valence-electron chi connectivity index (χ2n) is 16.1. The summed E-state index contributed by atoms with van der Waals surface area (Å²) in [6.45, 7) is 3.21. The standard InChI is InChI=1S/C43H83NO12S/c1-3-5-7-9-11-13-14-15-16-17-18-19-20-21-22-24-25-27-29-31-36(46)35(44-42(50)37(47)32-30-28-26-23-12-10-8-6-4-2)34-54-43-40(49)41(56-57(51,52)53)39(48)38(33-45)55-43/h10,12,35-41,43,45-49H,3-9,11,13-34H2,1-2H3,(H,44,50)(H,51,52,53)/b12-10-. The van der Waals surface area contributed by atoms with E-state index in [0.717, 1.165) is 51.4 Å². The Morgan fingerprint density at radius 3 is 1.63 bits per heavy atom. The molecule has 0 aromatic carbocycles. The normalized spacial score (nSPS) is 21.9. The molecule has 0 aliphatic carbocycles. The predicted molar refractivity (Wildman–Crippen MR) is 224 cm³/mol. The fourth-order valence-electron chi connectivity index (χ4n) is 7.27. The monoisotopic (exact) mass is 838 g/mol. The fourth-order valence-corrected chi connectivity index (χ4v) is 7.78. The molecule has 0 saturated carbocycles. The number of amides is 1. The van der Waals surface area contributed by atoms with Crippen molar-refractivity contribution in [3.63, 3.8) is 0 Å². The number of nitrogens with one attached hydrogen (secondary N) is 1. The Kier molecular flexibility index (Phi) is 32.6. The van der Waals surface area contributed by atoms with Crippen LogP contribution in [0.1, 0.15) is 194 Å². The molecule has 1 rings (SSSR count). The van der Waals surface area contributed by atoms with Crippen LogP contribution in [0.15, 0.2) is 12.2 Å². The van der Waals surface area contributed by atoms with Gasteiger partial charge < -0.3 is 40.3 Å². The van der Waals surface area contributed by atoms with Crippen LogP contribution in [0.3, 0.4) is 0 Å². The molecular weight excluding hydrogens is 755 g/mol. The Labute approximate surface area is 345 Å². The molecule has 14 heteroatoms. The lowest BCUT2D eigenvalue weighted by molar-refractivity contribution is -0.298. The molecule has 0 aromatic heterocycles. The second kappa shape index (κ2) is 34.5. The number of rotatable bonds is 38. The van der Waals surface area contributed by atoms with Gasteiger partial charge in [-0.1, -0.05) is 174 Å². The minimum Gasteiger partial charge on any atom is -0.394 e. The van der Waals surface area contributed by atoms with Crippen LogP contribution in [-0.2, 0) is 28.9 Å². The maximum atomic E-state index is 13.0. The van der Waals surface area contributed by atoms with Crippen molar-refractivity contribution in [2.45, 2.75) is 243 Å². The summed E-state index contributed by atoms with van der Waals surface area (Å²) in [6, 6.07) is -1.04. The van der Waals surface area contributed by atoms with Crippen LogP contribution in [0.2, 0.25) is 0 Å². The molecular formula is C43H83NO12S. The van der Waals surface area contributed by atoms with Crippen LogP contribution in [-0.4, -0.2) is 107 Å². The fraction of sp³-hybridized carbons (Fsp3) is 0.930. The molecule has 338 valence electrons. The smallest absolute Gasteiger partial charge is 0.394 e. The van der Waals surface area contributed by atoms with Gasteiger partial charge in [-0.05, 0) is 32.1 Å². The molecule has 7 N–H and O–H groups in total. The molecule has 13 nitrogen and oxygen atoms in total. The van der Waals surface area contributed by atoms with Gasteiger partial charge in [-0.25, -0.2) is 4.18 Å². The van der Waals surface area contributed by atoms with Crippen LogP contribution < -0.4 is 5.32 Å². The van der Waals surface area contributed by atoms with Crippen molar-refractivity contribution in [1.82, 2.24) is 5.32 Å². The zero-order valence-electron chi connectivity index (χ0n) is 35.5. The lowest BCUT2D eigenvalue weighted by atomic mass is 9.99. The maximum absolute atomic E-state index is 13.0. The first kappa shape index (κ1) is 53.8. The number of allylic oxidation sites excluding steroid dienone is 2. The average molecular weight is 838 g/mol. The molecule has 8 unspecified atom stereocenters. The van der Waals surface area contributed by atoms with Gasteiger partial charge in [-0.15, -0.1) is 0 Å². The van der Waals surface area contributed by atoms with E-state index in [0.29, 0.717) is 19.3 Å². The molecule has 1 aliphatic rings. The number of hydrogen-bond donors (Lipinski definition) is 7. The van der Waals surface area contributed by atoms with Crippen molar-refractivity contribution in [2.24, 2.45) is 0 Å². The number of hydrogen-bond acceptors (Lipinski definition) is 11. The summed E-state index contributed by atoms with van der Waals surface area (Å²) in [7, 11) is -5.11. The summed E-state index contributed by atoms with van der Waals surface area (Å²) in [5, 5.41) is 55.2. The van der Waals surface area contributed by atoms with Crippen molar-refractivity contribution in [2.75, 3.05) is 13.2 Å². The molecule has 1 aliphatic heterocycles. The maximum Gasteiger partial charge on any atom is 0.397 e. The van der Waals surface area contributed by atoms with Crippen molar-refractivity contribution in [3.8, 4) is 0 Å². The third-order valence-electron chi connectivity index (χ3n) is 10.9. The van der Waals surface area contributed by atoms with E-state index in [4.69, 9.17) is 14.0 Å². The minimum atomic E-state index is -5.11. The largest absolute Gasteiger partial charge is 0.397 e. The molecule has 1 heterocycles. The summed E-state index contributed by atoms with van der Waals surface area (Å²) in [5.74, 6) is -0.684. The topological polar surface area (TPSA) is 212 Å².